The number of nitrogens with one attached hydrogen (secondary N) is 1. The molecule has 1 saturated carbocycles. The van der Waals surface area contributed by atoms with Crippen LogP contribution in [0.1, 0.15) is 44.6 Å². The molecule has 1 aromatic rings. The second-order valence-corrected chi connectivity index (χ2v) is 6.94. The fraction of sp³-hybridized carbons (Fsp3) is 0.579. The lowest BCUT2D eigenvalue weighted by Crippen LogP contribution is -2.56. The van der Waals surface area contributed by atoms with Gasteiger partial charge in [0.1, 0.15) is 18.8 Å². The average molecular weight is 347 g/mol. The van der Waals surface area contributed by atoms with Gasteiger partial charge in [-0.2, -0.15) is 0 Å². The van der Waals surface area contributed by atoms with Gasteiger partial charge in [-0.3, -0.25) is 4.79 Å². The molecular formula is C19H25NO5. The van der Waals surface area contributed by atoms with Crippen LogP contribution in [-0.4, -0.2) is 35.7 Å². The first-order valence-electron chi connectivity index (χ1n) is 8.95. The molecule has 0 bridgehead atoms. The Labute approximate surface area is 147 Å². The molecule has 0 aromatic heterocycles. The van der Waals surface area contributed by atoms with Gasteiger partial charge in [0.2, 0.25) is 5.91 Å². The maximum Gasteiger partial charge on any atom is 0.329 e. The van der Waals surface area contributed by atoms with E-state index in [1.54, 1.807) is 12.1 Å². The van der Waals surface area contributed by atoms with Crippen molar-refractivity contribution in [3.8, 4) is 11.5 Å². The van der Waals surface area contributed by atoms with E-state index in [0.717, 1.165) is 24.8 Å². The molecule has 0 unspecified atom stereocenters. The molecule has 2 N–H and O–H groups in total. The summed E-state index contributed by atoms with van der Waals surface area (Å²) < 4.78 is 11.0. The molecule has 0 atom stereocenters. The Kier molecular flexibility index (Phi) is 5.16. The lowest BCUT2D eigenvalue weighted by Gasteiger charge is -2.37. The van der Waals surface area contributed by atoms with E-state index in [9.17, 15) is 14.7 Å². The Hall–Kier alpha value is -2.24. The van der Waals surface area contributed by atoms with Crippen molar-refractivity contribution in [1.82, 2.24) is 5.32 Å². The number of hydrogen-bond donors (Lipinski definition) is 2. The first kappa shape index (κ1) is 17.6. The van der Waals surface area contributed by atoms with Crippen LogP contribution < -0.4 is 14.8 Å². The molecular weight excluding hydrogens is 322 g/mol. The van der Waals surface area contributed by atoms with Crippen LogP contribution >= 0.6 is 0 Å². The Morgan fingerprint density at radius 3 is 2.52 bits per heavy atom. The van der Waals surface area contributed by atoms with E-state index in [1.807, 2.05) is 6.07 Å². The fourth-order valence-corrected chi connectivity index (χ4v) is 3.67. The summed E-state index contributed by atoms with van der Waals surface area (Å²) in [6.07, 6.45) is 3.85. The summed E-state index contributed by atoms with van der Waals surface area (Å²) in [4.78, 5) is 24.3. The first-order chi connectivity index (χ1) is 12.0. The quantitative estimate of drug-likeness (QED) is 0.855. The third-order valence-electron chi connectivity index (χ3n) is 5.30. The highest BCUT2D eigenvalue weighted by molar-refractivity contribution is 5.88. The SMILES string of the molecule is CCC1CCC(NC(=O)Cc2ccc3c(c2)OCCO3)(C(=O)O)CC1. The molecule has 1 aliphatic heterocycles. The van der Waals surface area contributed by atoms with Gasteiger partial charge in [-0.25, -0.2) is 4.79 Å². The summed E-state index contributed by atoms with van der Waals surface area (Å²) in [5.41, 5.74) is -0.346. The molecule has 1 aromatic carbocycles. The van der Waals surface area contributed by atoms with Crippen molar-refractivity contribution in [1.29, 1.82) is 0 Å². The van der Waals surface area contributed by atoms with Gasteiger partial charge in [0, 0.05) is 0 Å². The van der Waals surface area contributed by atoms with Crippen LogP contribution in [0.3, 0.4) is 0 Å². The molecule has 1 aliphatic carbocycles. The smallest absolute Gasteiger partial charge is 0.329 e. The van der Waals surface area contributed by atoms with E-state index in [2.05, 4.69) is 12.2 Å². The maximum atomic E-state index is 12.5. The number of carboxylic acid groups (broad SMARTS) is 1. The van der Waals surface area contributed by atoms with E-state index in [4.69, 9.17) is 9.47 Å². The summed E-state index contributed by atoms with van der Waals surface area (Å²) in [5, 5.41) is 12.5. The Balaban J connectivity index is 1.65. The molecule has 1 heterocycles. The monoisotopic (exact) mass is 347 g/mol. The fourth-order valence-electron chi connectivity index (χ4n) is 3.67. The minimum absolute atomic E-state index is 0.128. The largest absolute Gasteiger partial charge is 0.486 e. The second-order valence-electron chi connectivity index (χ2n) is 6.94. The zero-order chi connectivity index (χ0) is 17.9. The molecule has 25 heavy (non-hydrogen) atoms. The third-order valence-corrected chi connectivity index (χ3v) is 5.30. The van der Waals surface area contributed by atoms with E-state index in [-0.39, 0.29) is 12.3 Å². The zero-order valence-electron chi connectivity index (χ0n) is 14.5. The number of ether oxygens (including phenoxy) is 2. The number of hydrogen-bond acceptors (Lipinski definition) is 4. The molecule has 1 fully saturated rings. The second kappa shape index (κ2) is 7.33. The van der Waals surface area contributed by atoms with Gasteiger partial charge >= 0.3 is 5.97 Å². The van der Waals surface area contributed by atoms with Crippen molar-refractivity contribution in [3.63, 3.8) is 0 Å². The van der Waals surface area contributed by atoms with E-state index in [0.29, 0.717) is 43.5 Å². The molecule has 0 radical (unpaired) electrons. The lowest BCUT2D eigenvalue weighted by atomic mass is 9.75. The Bertz CT molecular complexity index is 649. The molecule has 6 nitrogen and oxygen atoms in total. The van der Waals surface area contributed by atoms with E-state index < -0.39 is 11.5 Å². The molecule has 6 heteroatoms. The van der Waals surface area contributed by atoms with Gasteiger partial charge in [-0.15, -0.1) is 0 Å². The van der Waals surface area contributed by atoms with Crippen LogP contribution in [0.5, 0.6) is 11.5 Å². The van der Waals surface area contributed by atoms with E-state index >= 15 is 0 Å². The summed E-state index contributed by atoms with van der Waals surface area (Å²) in [7, 11) is 0. The normalized spacial score (nSPS) is 25.2. The number of aliphatic carboxylic acids is 1. The molecule has 0 saturated heterocycles. The van der Waals surface area contributed by atoms with Crippen molar-refractivity contribution in [2.75, 3.05) is 13.2 Å². The highest BCUT2D eigenvalue weighted by atomic mass is 16.6. The van der Waals surface area contributed by atoms with Crippen LogP contribution in [0.25, 0.3) is 0 Å². The number of amides is 1. The molecule has 1 amide bonds. The molecule has 2 aliphatic rings. The summed E-state index contributed by atoms with van der Waals surface area (Å²) in [6, 6.07) is 5.39. The number of carbonyl (C=O) groups excluding carboxylic acids is 1. The van der Waals surface area contributed by atoms with E-state index in [1.165, 1.54) is 0 Å². The number of carboxylic acids is 1. The lowest BCUT2D eigenvalue weighted by molar-refractivity contribution is -0.149. The van der Waals surface area contributed by atoms with Gasteiger partial charge in [-0.05, 0) is 49.3 Å². The average Bonchev–Trinajstić information content (AvgIpc) is 2.62. The van der Waals surface area contributed by atoms with Gasteiger partial charge in [0.25, 0.3) is 0 Å². The third kappa shape index (κ3) is 3.89. The number of rotatable bonds is 5. The summed E-state index contributed by atoms with van der Waals surface area (Å²) in [6.45, 7) is 3.13. The van der Waals surface area contributed by atoms with Crippen LogP contribution in [0.15, 0.2) is 18.2 Å². The standard InChI is InChI=1S/C19H25NO5/c1-2-13-5-7-19(8-6-13,18(22)23)20-17(21)12-14-3-4-15-16(11-14)25-10-9-24-15/h3-4,11,13H,2,5-10,12H2,1H3,(H,20,21)(H,22,23). The Morgan fingerprint density at radius 1 is 1.20 bits per heavy atom. The van der Waals surface area contributed by atoms with Gasteiger partial charge in [0.05, 0.1) is 6.42 Å². The van der Waals surface area contributed by atoms with Gasteiger partial charge in [-0.1, -0.05) is 19.4 Å². The summed E-state index contributed by atoms with van der Waals surface area (Å²) >= 11 is 0. The number of benzene rings is 1. The maximum absolute atomic E-state index is 12.5. The first-order valence-corrected chi connectivity index (χ1v) is 8.95. The van der Waals surface area contributed by atoms with Crippen molar-refractivity contribution < 1.29 is 24.2 Å². The van der Waals surface area contributed by atoms with Crippen molar-refractivity contribution in [3.05, 3.63) is 23.8 Å². The number of fused-ring (bicyclic) bond motifs is 1. The summed E-state index contributed by atoms with van der Waals surface area (Å²) in [5.74, 6) is 0.664. The van der Waals surface area contributed by atoms with Gasteiger partial charge < -0.3 is 19.9 Å². The van der Waals surface area contributed by atoms with Crippen LogP contribution in [0.2, 0.25) is 0 Å². The predicted octanol–water partition coefficient (Wildman–Crippen LogP) is 2.54. The zero-order valence-corrected chi connectivity index (χ0v) is 14.5. The topological polar surface area (TPSA) is 84.9 Å². The van der Waals surface area contributed by atoms with Crippen molar-refractivity contribution in [2.45, 2.75) is 51.0 Å². The predicted molar refractivity (Wildman–Crippen MR) is 91.9 cm³/mol. The molecule has 3 rings (SSSR count). The molecule has 0 spiro atoms. The number of carbonyl (C=O) groups is 2. The minimum Gasteiger partial charge on any atom is -0.486 e. The molecule has 136 valence electrons. The highest BCUT2D eigenvalue weighted by Gasteiger charge is 2.42. The van der Waals surface area contributed by atoms with Crippen molar-refractivity contribution in [2.24, 2.45) is 5.92 Å². The minimum atomic E-state index is -1.13. The Morgan fingerprint density at radius 2 is 1.88 bits per heavy atom. The van der Waals surface area contributed by atoms with Crippen LogP contribution in [-0.2, 0) is 16.0 Å². The van der Waals surface area contributed by atoms with Crippen LogP contribution in [0.4, 0.5) is 0 Å². The van der Waals surface area contributed by atoms with Crippen molar-refractivity contribution >= 4 is 11.9 Å². The highest BCUT2D eigenvalue weighted by Crippen LogP contribution is 2.34. The van der Waals surface area contributed by atoms with Crippen LogP contribution in [0, 0.1) is 5.92 Å². The van der Waals surface area contributed by atoms with Gasteiger partial charge in [0.15, 0.2) is 11.5 Å².